The van der Waals surface area contributed by atoms with Crippen LogP contribution in [0.1, 0.15) is 23.1 Å². The van der Waals surface area contributed by atoms with Crippen LogP contribution in [0.5, 0.6) is 0 Å². The zero-order chi connectivity index (χ0) is 16.9. The third kappa shape index (κ3) is 4.02. The van der Waals surface area contributed by atoms with Crippen LogP contribution < -0.4 is 5.32 Å². The van der Waals surface area contributed by atoms with Crippen LogP contribution in [-0.2, 0) is 22.7 Å². The number of aryl methyl sites for hydroxylation is 1. The summed E-state index contributed by atoms with van der Waals surface area (Å²) >= 11 is 0. The van der Waals surface area contributed by atoms with E-state index in [-0.39, 0.29) is 17.7 Å². The van der Waals surface area contributed by atoms with Gasteiger partial charge in [-0.05, 0) is 18.1 Å². The molecule has 1 heterocycles. The summed E-state index contributed by atoms with van der Waals surface area (Å²) in [4.78, 5) is 26.3. The fraction of sp³-hybridized carbons (Fsp3) is 0.300. The van der Waals surface area contributed by atoms with Crippen molar-refractivity contribution in [3.8, 4) is 0 Å². The molecule has 2 aromatic rings. The van der Waals surface area contributed by atoms with Gasteiger partial charge in [0.15, 0.2) is 0 Å². The first-order valence-electron chi connectivity index (χ1n) is 8.27. The number of hydrogen-bond donors (Lipinski definition) is 1. The van der Waals surface area contributed by atoms with E-state index in [9.17, 15) is 9.59 Å². The second kappa shape index (κ2) is 7.30. The monoisotopic (exact) mass is 322 g/mol. The molecule has 0 unspecified atom stereocenters. The van der Waals surface area contributed by atoms with E-state index < -0.39 is 0 Å². The molecule has 1 aliphatic rings. The van der Waals surface area contributed by atoms with Gasteiger partial charge >= 0.3 is 0 Å². The van der Waals surface area contributed by atoms with Crippen molar-refractivity contribution in [2.75, 3.05) is 6.54 Å². The van der Waals surface area contributed by atoms with E-state index in [1.807, 2.05) is 61.5 Å². The Kier molecular flexibility index (Phi) is 4.94. The summed E-state index contributed by atoms with van der Waals surface area (Å²) in [6.45, 7) is 3.60. The third-order valence-electron chi connectivity index (χ3n) is 4.39. The molecule has 2 amide bonds. The van der Waals surface area contributed by atoms with Gasteiger partial charge in [0.2, 0.25) is 11.8 Å². The number of hydrogen-bond acceptors (Lipinski definition) is 2. The molecule has 1 atom stereocenters. The smallest absolute Gasteiger partial charge is 0.225 e. The molecule has 4 nitrogen and oxygen atoms in total. The summed E-state index contributed by atoms with van der Waals surface area (Å²) in [6.07, 6.45) is 0.298. The minimum Gasteiger partial charge on any atom is -0.352 e. The highest BCUT2D eigenvalue weighted by atomic mass is 16.2. The van der Waals surface area contributed by atoms with Crippen LogP contribution in [0, 0.1) is 12.8 Å². The zero-order valence-corrected chi connectivity index (χ0v) is 13.9. The number of carbonyl (C=O) groups is 2. The molecule has 124 valence electrons. The second-order valence-electron chi connectivity index (χ2n) is 6.36. The molecule has 2 aromatic carbocycles. The average Bonchev–Trinajstić information content (AvgIpc) is 2.96. The summed E-state index contributed by atoms with van der Waals surface area (Å²) in [5.74, 6) is -0.250. The summed E-state index contributed by atoms with van der Waals surface area (Å²) in [7, 11) is 0. The lowest BCUT2D eigenvalue weighted by atomic mass is 10.1. The predicted octanol–water partition coefficient (Wildman–Crippen LogP) is 2.66. The van der Waals surface area contributed by atoms with Gasteiger partial charge in [0.05, 0.1) is 5.92 Å². The number of rotatable bonds is 5. The Morgan fingerprint density at radius 3 is 2.50 bits per heavy atom. The highest BCUT2D eigenvalue weighted by molar-refractivity contribution is 5.89. The maximum atomic E-state index is 12.3. The van der Waals surface area contributed by atoms with Crippen LogP contribution in [0.3, 0.4) is 0 Å². The van der Waals surface area contributed by atoms with Crippen molar-refractivity contribution >= 4 is 11.8 Å². The van der Waals surface area contributed by atoms with Gasteiger partial charge in [0.1, 0.15) is 0 Å². The quantitative estimate of drug-likeness (QED) is 0.920. The number of benzene rings is 2. The summed E-state index contributed by atoms with van der Waals surface area (Å²) in [6, 6.07) is 18.0. The first-order valence-corrected chi connectivity index (χ1v) is 8.27. The Bertz CT molecular complexity index is 710. The highest BCUT2D eigenvalue weighted by Crippen LogP contribution is 2.20. The first-order chi connectivity index (χ1) is 11.6. The molecule has 1 aliphatic heterocycles. The highest BCUT2D eigenvalue weighted by Gasteiger charge is 2.33. The number of nitrogens with zero attached hydrogens (tertiary/aromatic N) is 1. The van der Waals surface area contributed by atoms with Crippen molar-refractivity contribution in [2.45, 2.75) is 26.4 Å². The molecule has 1 saturated heterocycles. The molecule has 4 heteroatoms. The maximum absolute atomic E-state index is 12.3. The van der Waals surface area contributed by atoms with Gasteiger partial charge in [-0.25, -0.2) is 0 Å². The second-order valence-corrected chi connectivity index (χ2v) is 6.36. The lowest BCUT2D eigenvalue weighted by Crippen LogP contribution is -2.32. The third-order valence-corrected chi connectivity index (χ3v) is 4.39. The fourth-order valence-corrected chi connectivity index (χ4v) is 2.94. The van der Waals surface area contributed by atoms with Gasteiger partial charge in [-0.1, -0.05) is 60.2 Å². The Morgan fingerprint density at radius 2 is 1.79 bits per heavy atom. The number of amides is 2. The fourth-order valence-electron chi connectivity index (χ4n) is 2.94. The minimum atomic E-state index is -0.258. The average molecular weight is 322 g/mol. The van der Waals surface area contributed by atoms with E-state index in [2.05, 4.69) is 5.32 Å². The normalized spacial score (nSPS) is 17.1. The van der Waals surface area contributed by atoms with Crippen molar-refractivity contribution < 1.29 is 9.59 Å². The molecule has 0 spiro atoms. The molecule has 0 saturated carbocycles. The Balaban J connectivity index is 1.53. The first kappa shape index (κ1) is 16.2. The van der Waals surface area contributed by atoms with Gasteiger partial charge in [0, 0.05) is 26.1 Å². The van der Waals surface area contributed by atoms with Crippen molar-refractivity contribution in [3.63, 3.8) is 0 Å². The minimum absolute atomic E-state index is 0.0421. The lowest BCUT2D eigenvalue weighted by molar-refractivity contribution is -0.129. The van der Waals surface area contributed by atoms with Crippen LogP contribution in [0.2, 0.25) is 0 Å². The van der Waals surface area contributed by atoms with E-state index in [1.54, 1.807) is 4.90 Å². The standard InChI is InChI=1S/C20H22N2O2/c1-15-7-9-16(10-8-15)12-21-20(24)18-11-19(23)22(14-18)13-17-5-3-2-4-6-17/h2-10,18H,11-14H2,1H3,(H,21,24)/t18-/m0/s1. The number of carbonyl (C=O) groups excluding carboxylic acids is 2. The predicted molar refractivity (Wildman–Crippen MR) is 93.0 cm³/mol. The Labute approximate surface area is 142 Å². The maximum Gasteiger partial charge on any atom is 0.225 e. The van der Waals surface area contributed by atoms with Crippen molar-refractivity contribution in [2.24, 2.45) is 5.92 Å². The van der Waals surface area contributed by atoms with Crippen LogP contribution in [0.25, 0.3) is 0 Å². The van der Waals surface area contributed by atoms with Gasteiger partial charge < -0.3 is 10.2 Å². The van der Waals surface area contributed by atoms with Crippen LogP contribution >= 0.6 is 0 Å². The molecule has 24 heavy (non-hydrogen) atoms. The summed E-state index contributed by atoms with van der Waals surface area (Å²) in [5.41, 5.74) is 3.36. The van der Waals surface area contributed by atoms with Gasteiger partial charge in [0.25, 0.3) is 0 Å². The van der Waals surface area contributed by atoms with E-state index in [1.165, 1.54) is 5.56 Å². The number of likely N-dealkylation sites (tertiary alicyclic amines) is 1. The van der Waals surface area contributed by atoms with Crippen LogP contribution in [0.15, 0.2) is 54.6 Å². The molecular weight excluding hydrogens is 300 g/mol. The SMILES string of the molecule is Cc1ccc(CNC(=O)[C@H]2CC(=O)N(Cc3ccccc3)C2)cc1. The number of nitrogens with one attached hydrogen (secondary N) is 1. The molecule has 0 bridgehead atoms. The largest absolute Gasteiger partial charge is 0.352 e. The van der Waals surface area contributed by atoms with E-state index in [0.29, 0.717) is 26.1 Å². The molecule has 0 aliphatic carbocycles. The van der Waals surface area contributed by atoms with Gasteiger partial charge in [-0.2, -0.15) is 0 Å². The Hall–Kier alpha value is -2.62. The zero-order valence-electron chi connectivity index (χ0n) is 13.9. The van der Waals surface area contributed by atoms with Crippen molar-refractivity contribution in [1.82, 2.24) is 10.2 Å². The van der Waals surface area contributed by atoms with Crippen molar-refractivity contribution in [1.29, 1.82) is 0 Å². The molecule has 3 rings (SSSR count). The van der Waals surface area contributed by atoms with E-state index >= 15 is 0 Å². The van der Waals surface area contributed by atoms with Gasteiger partial charge in [-0.3, -0.25) is 9.59 Å². The Morgan fingerprint density at radius 1 is 1.08 bits per heavy atom. The summed E-state index contributed by atoms with van der Waals surface area (Å²) < 4.78 is 0. The molecular formula is C20H22N2O2. The summed E-state index contributed by atoms with van der Waals surface area (Å²) in [5, 5.41) is 2.95. The van der Waals surface area contributed by atoms with E-state index in [4.69, 9.17) is 0 Å². The van der Waals surface area contributed by atoms with Crippen molar-refractivity contribution in [3.05, 3.63) is 71.3 Å². The molecule has 1 N–H and O–H groups in total. The topological polar surface area (TPSA) is 49.4 Å². The molecule has 0 aromatic heterocycles. The van der Waals surface area contributed by atoms with Gasteiger partial charge in [-0.15, -0.1) is 0 Å². The molecule has 0 radical (unpaired) electrons. The van der Waals surface area contributed by atoms with Crippen LogP contribution in [-0.4, -0.2) is 23.3 Å². The lowest BCUT2D eigenvalue weighted by Gasteiger charge is -2.16. The molecule has 1 fully saturated rings. The van der Waals surface area contributed by atoms with Crippen LogP contribution in [0.4, 0.5) is 0 Å². The van der Waals surface area contributed by atoms with E-state index in [0.717, 1.165) is 11.1 Å².